The number of alkyl halides is 3. The number of hydrogen-bond donors (Lipinski definition) is 2. The molecule has 0 saturated heterocycles. The van der Waals surface area contributed by atoms with Crippen molar-refractivity contribution in [2.45, 2.75) is 38.3 Å². The van der Waals surface area contributed by atoms with Crippen molar-refractivity contribution in [2.24, 2.45) is 5.92 Å². The Kier molecular flexibility index (Phi) is 5.74. The van der Waals surface area contributed by atoms with Crippen molar-refractivity contribution < 1.29 is 32.9 Å². The monoisotopic (exact) mass is 306 g/mol. The van der Waals surface area contributed by atoms with Crippen LogP contribution in [0.3, 0.4) is 0 Å². The van der Waals surface area contributed by atoms with Gasteiger partial charge in [0.15, 0.2) is 0 Å². The molecule has 4 atom stereocenters. The molecule has 118 valence electrons. The predicted molar refractivity (Wildman–Crippen MR) is 68.6 cm³/mol. The minimum atomic E-state index is -4.94. The molecule has 0 aliphatic rings. The number of ether oxygens (including phenoxy) is 1. The van der Waals surface area contributed by atoms with Crippen molar-refractivity contribution in [1.82, 2.24) is 0 Å². The summed E-state index contributed by atoms with van der Waals surface area (Å²) in [5.74, 6) is -2.30. The summed E-state index contributed by atoms with van der Waals surface area (Å²) in [6, 6.07) is 7.17. The molecule has 2 N–H and O–H groups in total. The molecule has 0 aromatic heterocycles. The molecule has 0 spiro atoms. The lowest BCUT2D eigenvalue weighted by molar-refractivity contribution is -0.239. The molecule has 7 heteroatoms. The number of rotatable bonds is 5. The third-order valence-corrected chi connectivity index (χ3v) is 3.18. The predicted octanol–water partition coefficient (Wildman–Crippen LogP) is 2.15. The van der Waals surface area contributed by atoms with Crippen molar-refractivity contribution in [1.29, 1.82) is 0 Å². The first-order valence-electron chi connectivity index (χ1n) is 6.33. The fourth-order valence-electron chi connectivity index (χ4n) is 1.65. The van der Waals surface area contributed by atoms with Crippen LogP contribution in [0.4, 0.5) is 13.2 Å². The van der Waals surface area contributed by atoms with Crippen molar-refractivity contribution in [3.63, 3.8) is 0 Å². The summed E-state index contributed by atoms with van der Waals surface area (Å²) in [5, 5.41) is 19.0. The van der Waals surface area contributed by atoms with Crippen LogP contribution in [0.1, 0.15) is 24.2 Å². The first-order chi connectivity index (χ1) is 9.64. The summed E-state index contributed by atoms with van der Waals surface area (Å²) in [5.41, 5.74) is -0.0522. The van der Waals surface area contributed by atoms with Crippen LogP contribution in [0.5, 0.6) is 0 Å². The molecule has 4 unspecified atom stereocenters. The van der Waals surface area contributed by atoms with Gasteiger partial charge in [-0.1, -0.05) is 25.1 Å². The number of carbonyl (C=O) groups excluding carboxylic acids is 1. The highest BCUT2D eigenvalue weighted by Gasteiger charge is 2.49. The molecule has 0 heterocycles. The van der Waals surface area contributed by atoms with Crippen LogP contribution in [0.25, 0.3) is 0 Å². The van der Waals surface area contributed by atoms with E-state index in [9.17, 15) is 28.2 Å². The lowest BCUT2D eigenvalue weighted by Crippen LogP contribution is -2.48. The van der Waals surface area contributed by atoms with Gasteiger partial charge in [-0.2, -0.15) is 13.2 Å². The molecule has 0 aliphatic carbocycles. The zero-order valence-electron chi connectivity index (χ0n) is 11.5. The summed E-state index contributed by atoms with van der Waals surface area (Å²) < 4.78 is 43.3. The van der Waals surface area contributed by atoms with E-state index in [0.717, 1.165) is 0 Å². The number of carbonyl (C=O) groups is 1. The van der Waals surface area contributed by atoms with Gasteiger partial charge in [0.2, 0.25) is 6.10 Å². The van der Waals surface area contributed by atoms with E-state index in [1.54, 1.807) is 6.07 Å². The summed E-state index contributed by atoms with van der Waals surface area (Å²) in [6.45, 7) is 2.49. The van der Waals surface area contributed by atoms with Crippen LogP contribution in [0.2, 0.25) is 0 Å². The van der Waals surface area contributed by atoms with Gasteiger partial charge in [0.1, 0.15) is 6.10 Å². The average Bonchev–Trinajstić information content (AvgIpc) is 2.42. The molecule has 0 saturated carbocycles. The van der Waals surface area contributed by atoms with Gasteiger partial charge in [0.25, 0.3) is 0 Å². The topological polar surface area (TPSA) is 66.8 Å². The number of esters is 1. The minimum Gasteiger partial charge on any atom is -0.446 e. The fourth-order valence-corrected chi connectivity index (χ4v) is 1.65. The van der Waals surface area contributed by atoms with Crippen LogP contribution in [0, 0.1) is 5.92 Å². The Morgan fingerprint density at radius 1 is 1.14 bits per heavy atom. The van der Waals surface area contributed by atoms with E-state index in [4.69, 9.17) is 0 Å². The molecule has 0 fully saturated rings. The second-order valence-corrected chi connectivity index (χ2v) is 4.82. The van der Waals surface area contributed by atoms with Crippen molar-refractivity contribution in [3.05, 3.63) is 35.9 Å². The van der Waals surface area contributed by atoms with E-state index in [0.29, 0.717) is 0 Å². The fraction of sp³-hybridized carbons (Fsp3) is 0.500. The van der Waals surface area contributed by atoms with Crippen molar-refractivity contribution >= 4 is 5.97 Å². The van der Waals surface area contributed by atoms with Gasteiger partial charge in [0.05, 0.1) is 11.7 Å². The molecule has 4 nitrogen and oxygen atoms in total. The van der Waals surface area contributed by atoms with Crippen molar-refractivity contribution in [2.75, 3.05) is 0 Å². The van der Waals surface area contributed by atoms with Gasteiger partial charge < -0.3 is 14.9 Å². The Morgan fingerprint density at radius 3 is 2.10 bits per heavy atom. The lowest BCUT2D eigenvalue weighted by atomic mass is 9.94. The Morgan fingerprint density at radius 2 is 1.67 bits per heavy atom. The van der Waals surface area contributed by atoms with E-state index in [-0.39, 0.29) is 5.56 Å². The number of aliphatic hydroxyl groups is 2. The Labute approximate surface area is 120 Å². The quantitative estimate of drug-likeness (QED) is 0.818. The molecule has 0 aliphatic heterocycles. The highest BCUT2D eigenvalue weighted by Crippen LogP contribution is 2.30. The lowest BCUT2D eigenvalue weighted by Gasteiger charge is -2.30. The molecule has 0 bridgehead atoms. The highest BCUT2D eigenvalue weighted by molar-refractivity contribution is 5.89. The van der Waals surface area contributed by atoms with E-state index in [1.165, 1.54) is 38.1 Å². The standard InChI is InChI=1S/C14H17F3O4/c1-8(9(2)18)11(19)12(14(15,16)17)21-13(20)10-6-4-3-5-7-10/h3-9,11-12,18-19H,1-2H3. The Hall–Kier alpha value is -1.60. The van der Waals surface area contributed by atoms with Gasteiger partial charge in [-0.05, 0) is 19.1 Å². The van der Waals surface area contributed by atoms with Gasteiger partial charge in [-0.25, -0.2) is 4.79 Å². The third-order valence-electron chi connectivity index (χ3n) is 3.18. The molecular formula is C14H17F3O4. The smallest absolute Gasteiger partial charge is 0.428 e. The first-order valence-corrected chi connectivity index (χ1v) is 6.33. The summed E-state index contributed by atoms with van der Waals surface area (Å²) in [4.78, 5) is 11.7. The second kappa shape index (κ2) is 6.91. The van der Waals surface area contributed by atoms with Gasteiger partial charge in [0, 0.05) is 5.92 Å². The van der Waals surface area contributed by atoms with Crippen LogP contribution in [-0.4, -0.2) is 40.7 Å². The van der Waals surface area contributed by atoms with Crippen molar-refractivity contribution in [3.8, 4) is 0 Å². The zero-order chi connectivity index (χ0) is 16.2. The zero-order valence-corrected chi connectivity index (χ0v) is 11.5. The molecule has 0 amide bonds. The van der Waals surface area contributed by atoms with E-state index < -0.39 is 36.4 Å². The summed E-state index contributed by atoms with van der Waals surface area (Å²) in [6.07, 6.45) is -10.9. The Bertz CT molecular complexity index is 459. The summed E-state index contributed by atoms with van der Waals surface area (Å²) >= 11 is 0. The average molecular weight is 306 g/mol. The molecule has 0 radical (unpaired) electrons. The van der Waals surface area contributed by atoms with E-state index in [2.05, 4.69) is 4.74 Å². The molecule has 1 rings (SSSR count). The summed E-state index contributed by atoms with van der Waals surface area (Å²) in [7, 11) is 0. The number of benzene rings is 1. The number of halogens is 3. The Balaban J connectivity index is 2.92. The normalized spacial score (nSPS) is 17.7. The SMILES string of the molecule is CC(O)C(C)C(O)C(OC(=O)c1ccccc1)C(F)(F)F. The van der Waals surface area contributed by atoms with Crippen LogP contribution in [-0.2, 0) is 4.74 Å². The van der Waals surface area contributed by atoms with Crippen LogP contribution < -0.4 is 0 Å². The van der Waals surface area contributed by atoms with Gasteiger partial charge >= 0.3 is 12.1 Å². The number of aliphatic hydroxyl groups excluding tert-OH is 2. The minimum absolute atomic E-state index is 0.0522. The second-order valence-electron chi connectivity index (χ2n) is 4.82. The molecule has 1 aromatic rings. The van der Waals surface area contributed by atoms with Crippen LogP contribution >= 0.6 is 0 Å². The molecular weight excluding hydrogens is 289 g/mol. The van der Waals surface area contributed by atoms with E-state index >= 15 is 0 Å². The molecule has 1 aromatic carbocycles. The first kappa shape index (κ1) is 17.5. The maximum Gasteiger partial charge on any atom is 0.428 e. The maximum atomic E-state index is 13.0. The third kappa shape index (κ3) is 4.71. The van der Waals surface area contributed by atoms with Crippen LogP contribution in [0.15, 0.2) is 30.3 Å². The van der Waals surface area contributed by atoms with Gasteiger partial charge in [-0.3, -0.25) is 0 Å². The van der Waals surface area contributed by atoms with E-state index in [1.807, 2.05) is 0 Å². The maximum absolute atomic E-state index is 13.0. The largest absolute Gasteiger partial charge is 0.446 e. The number of hydrogen-bond acceptors (Lipinski definition) is 4. The molecule has 21 heavy (non-hydrogen) atoms. The highest BCUT2D eigenvalue weighted by atomic mass is 19.4. The van der Waals surface area contributed by atoms with Gasteiger partial charge in [-0.15, -0.1) is 0 Å².